The second kappa shape index (κ2) is 6.19. The number of halogens is 2. The molecule has 0 aliphatic rings. The van der Waals surface area contributed by atoms with Crippen molar-refractivity contribution in [2.45, 2.75) is 25.2 Å². The van der Waals surface area contributed by atoms with Crippen LogP contribution in [-0.2, 0) is 10.0 Å². The highest BCUT2D eigenvalue weighted by Gasteiger charge is 2.25. The van der Waals surface area contributed by atoms with E-state index in [2.05, 4.69) is 15.9 Å². The van der Waals surface area contributed by atoms with E-state index in [4.69, 9.17) is 5.73 Å². The summed E-state index contributed by atoms with van der Waals surface area (Å²) in [6.07, 6.45) is 0.712. The van der Waals surface area contributed by atoms with E-state index in [1.807, 2.05) is 13.8 Å². The number of rotatable bonds is 5. The molecule has 0 unspecified atom stereocenters. The molecule has 0 aromatic heterocycles. The molecule has 0 spiro atoms. The van der Waals surface area contributed by atoms with Gasteiger partial charge in [0.15, 0.2) is 0 Å². The number of nitrogens with zero attached hydrogens (tertiary/aromatic N) is 1. The fourth-order valence-electron chi connectivity index (χ4n) is 1.47. The van der Waals surface area contributed by atoms with Crippen LogP contribution in [0.15, 0.2) is 21.5 Å². The topological polar surface area (TPSA) is 63.4 Å². The molecule has 108 valence electrons. The molecule has 1 aromatic rings. The van der Waals surface area contributed by atoms with E-state index in [1.165, 1.54) is 7.05 Å². The SMILES string of the molecule is CC(C)CCN(C)S(=O)(=O)c1cc(N)c(Br)cc1F. The van der Waals surface area contributed by atoms with Crippen molar-refractivity contribution in [1.82, 2.24) is 4.31 Å². The number of sulfonamides is 1. The van der Waals surface area contributed by atoms with E-state index in [0.29, 0.717) is 23.4 Å². The first-order valence-corrected chi connectivity index (χ1v) is 8.10. The summed E-state index contributed by atoms with van der Waals surface area (Å²) in [6, 6.07) is 2.21. The maximum atomic E-state index is 13.8. The third-order valence-electron chi connectivity index (χ3n) is 2.76. The number of nitrogens with two attached hydrogens (primary N) is 1. The summed E-state index contributed by atoms with van der Waals surface area (Å²) in [7, 11) is -2.41. The number of anilines is 1. The van der Waals surface area contributed by atoms with Gasteiger partial charge in [0.05, 0.1) is 0 Å². The minimum Gasteiger partial charge on any atom is -0.398 e. The quantitative estimate of drug-likeness (QED) is 0.828. The van der Waals surface area contributed by atoms with E-state index < -0.39 is 15.8 Å². The van der Waals surface area contributed by atoms with Crippen molar-refractivity contribution in [1.29, 1.82) is 0 Å². The summed E-state index contributed by atoms with van der Waals surface area (Å²) in [5.74, 6) is -0.435. The lowest BCUT2D eigenvalue weighted by Crippen LogP contribution is -2.29. The summed E-state index contributed by atoms with van der Waals surface area (Å²) < 4.78 is 39.8. The number of hydrogen-bond acceptors (Lipinski definition) is 3. The zero-order chi connectivity index (χ0) is 14.8. The first kappa shape index (κ1) is 16.4. The van der Waals surface area contributed by atoms with Gasteiger partial charge < -0.3 is 5.73 Å². The maximum Gasteiger partial charge on any atom is 0.245 e. The summed E-state index contributed by atoms with van der Waals surface area (Å²) >= 11 is 3.06. The van der Waals surface area contributed by atoms with Crippen molar-refractivity contribution in [3.8, 4) is 0 Å². The van der Waals surface area contributed by atoms with E-state index in [0.717, 1.165) is 16.4 Å². The van der Waals surface area contributed by atoms with E-state index in [1.54, 1.807) is 0 Å². The Balaban J connectivity index is 3.10. The fourth-order valence-corrected chi connectivity index (χ4v) is 3.05. The summed E-state index contributed by atoms with van der Waals surface area (Å²) in [5, 5.41) is 0. The Hall–Kier alpha value is -0.660. The molecule has 1 rings (SSSR count). The van der Waals surface area contributed by atoms with Gasteiger partial charge in [0.25, 0.3) is 0 Å². The third-order valence-corrected chi connectivity index (χ3v) is 5.32. The van der Waals surface area contributed by atoms with Crippen LogP contribution in [0.25, 0.3) is 0 Å². The van der Waals surface area contributed by atoms with Gasteiger partial charge in [0.2, 0.25) is 10.0 Å². The van der Waals surface area contributed by atoms with Crippen molar-refractivity contribution < 1.29 is 12.8 Å². The molecule has 1 aromatic carbocycles. The highest BCUT2D eigenvalue weighted by Crippen LogP contribution is 2.27. The van der Waals surface area contributed by atoms with Crippen LogP contribution in [0.4, 0.5) is 10.1 Å². The Labute approximate surface area is 122 Å². The van der Waals surface area contributed by atoms with Gasteiger partial charge >= 0.3 is 0 Å². The molecule has 0 fully saturated rings. The second-order valence-corrected chi connectivity index (χ2v) is 7.68. The molecule has 0 heterocycles. The standard InChI is InChI=1S/C12H18BrFN2O2S/c1-8(2)4-5-16(3)19(17,18)12-7-11(15)9(13)6-10(12)14/h6-8H,4-5,15H2,1-3H3. The van der Waals surface area contributed by atoms with Crippen LogP contribution in [0, 0.1) is 11.7 Å². The molecule has 2 N–H and O–H groups in total. The molecule has 4 nitrogen and oxygen atoms in total. The van der Waals surface area contributed by atoms with Gasteiger partial charge in [-0.25, -0.2) is 17.1 Å². The third kappa shape index (κ3) is 3.90. The monoisotopic (exact) mass is 352 g/mol. The van der Waals surface area contributed by atoms with Crippen LogP contribution in [-0.4, -0.2) is 26.3 Å². The van der Waals surface area contributed by atoms with Crippen molar-refractivity contribution in [3.05, 3.63) is 22.4 Å². The number of benzene rings is 1. The second-order valence-electron chi connectivity index (χ2n) is 4.81. The lowest BCUT2D eigenvalue weighted by Gasteiger charge is -2.19. The molecule has 0 atom stereocenters. The molecule has 19 heavy (non-hydrogen) atoms. The molecule has 0 amide bonds. The Bertz CT molecular complexity index is 561. The summed E-state index contributed by atoms with van der Waals surface area (Å²) in [4.78, 5) is -0.389. The van der Waals surface area contributed by atoms with Gasteiger partial charge in [-0.3, -0.25) is 0 Å². The smallest absolute Gasteiger partial charge is 0.245 e. The molecule has 7 heteroatoms. The van der Waals surface area contributed by atoms with Crippen molar-refractivity contribution >= 4 is 31.6 Å². The molecule has 0 radical (unpaired) electrons. The highest BCUT2D eigenvalue weighted by atomic mass is 79.9. The van der Waals surface area contributed by atoms with E-state index in [9.17, 15) is 12.8 Å². The molecule has 0 saturated heterocycles. The Morgan fingerprint density at radius 1 is 1.42 bits per heavy atom. The molecular weight excluding hydrogens is 335 g/mol. The zero-order valence-corrected chi connectivity index (χ0v) is 13.6. The molecule has 0 bridgehead atoms. The minimum atomic E-state index is -3.85. The molecule has 0 aliphatic carbocycles. The average molecular weight is 353 g/mol. The number of hydrogen-bond donors (Lipinski definition) is 1. The van der Waals surface area contributed by atoms with Crippen molar-refractivity contribution in [2.75, 3.05) is 19.3 Å². The lowest BCUT2D eigenvalue weighted by molar-refractivity contribution is 0.424. The Morgan fingerprint density at radius 2 is 2.00 bits per heavy atom. The van der Waals surface area contributed by atoms with Crippen LogP contribution in [0.5, 0.6) is 0 Å². The first-order chi connectivity index (χ1) is 8.66. The lowest BCUT2D eigenvalue weighted by atomic mass is 10.1. The van der Waals surface area contributed by atoms with Crippen molar-refractivity contribution in [2.24, 2.45) is 5.92 Å². The highest BCUT2D eigenvalue weighted by molar-refractivity contribution is 9.10. The maximum absolute atomic E-state index is 13.8. The van der Waals surface area contributed by atoms with Gasteiger partial charge in [-0.1, -0.05) is 13.8 Å². The molecular formula is C12H18BrFN2O2S. The molecule has 0 aliphatic heterocycles. The first-order valence-electron chi connectivity index (χ1n) is 5.87. The van der Waals surface area contributed by atoms with Crippen molar-refractivity contribution in [3.63, 3.8) is 0 Å². The van der Waals surface area contributed by atoms with Crippen LogP contribution in [0.3, 0.4) is 0 Å². The largest absolute Gasteiger partial charge is 0.398 e. The van der Waals surface area contributed by atoms with Gasteiger partial charge in [-0.05, 0) is 40.4 Å². The fraction of sp³-hybridized carbons (Fsp3) is 0.500. The predicted molar refractivity (Wildman–Crippen MR) is 77.8 cm³/mol. The van der Waals surface area contributed by atoms with Gasteiger partial charge in [-0.15, -0.1) is 0 Å². The van der Waals surface area contributed by atoms with Crippen LogP contribution in [0.2, 0.25) is 0 Å². The average Bonchev–Trinajstić information content (AvgIpc) is 2.30. The van der Waals surface area contributed by atoms with Gasteiger partial charge in [0.1, 0.15) is 10.7 Å². The molecule has 0 saturated carbocycles. The van der Waals surface area contributed by atoms with Gasteiger partial charge in [0, 0.05) is 23.8 Å². The van der Waals surface area contributed by atoms with Crippen LogP contribution >= 0.6 is 15.9 Å². The van der Waals surface area contributed by atoms with E-state index >= 15 is 0 Å². The van der Waals surface area contributed by atoms with E-state index in [-0.39, 0.29) is 10.6 Å². The van der Waals surface area contributed by atoms with Crippen LogP contribution in [0.1, 0.15) is 20.3 Å². The predicted octanol–water partition coefficient (Wildman–Crippen LogP) is 2.84. The number of nitrogen functional groups attached to an aromatic ring is 1. The normalized spacial score (nSPS) is 12.4. The minimum absolute atomic E-state index is 0.192. The van der Waals surface area contributed by atoms with Crippen LogP contribution < -0.4 is 5.73 Å². The Kier molecular flexibility index (Phi) is 5.34. The summed E-state index contributed by atoms with van der Waals surface area (Å²) in [5.41, 5.74) is 5.80. The Morgan fingerprint density at radius 3 is 2.53 bits per heavy atom. The van der Waals surface area contributed by atoms with Gasteiger partial charge in [-0.2, -0.15) is 0 Å². The summed E-state index contributed by atoms with van der Waals surface area (Å²) in [6.45, 7) is 4.34. The zero-order valence-electron chi connectivity index (χ0n) is 11.2.